The second-order valence-electron chi connectivity index (χ2n) is 4.96. The van der Waals surface area contributed by atoms with Crippen molar-refractivity contribution in [3.63, 3.8) is 0 Å². The topological polar surface area (TPSA) is 82.4 Å². The van der Waals surface area contributed by atoms with Crippen LogP contribution in [0.4, 0.5) is 0 Å². The van der Waals surface area contributed by atoms with Gasteiger partial charge in [0.25, 0.3) is 0 Å². The van der Waals surface area contributed by atoms with Gasteiger partial charge in [-0.2, -0.15) is 0 Å². The van der Waals surface area contributed by atoms with Crippen molar-refractivity contribution in [2.45, 2.75) is 58.8 Å². The fourth-order valence-electron chi connectivity index (χ4n) is 1.74. The van der Waals surface area contributed by atoms with Gasteiger partial charge in [-0.15, -0.1) is 0 Å². The Labute approximate surface area is 122 Å². The molecule has 0 bridgehead atoms. The van der Waals surface area contributed by atoms with E-state index < -0.39 is 20.0 Å². The summed E-state index contributed by atoms with van der Waals surface area (Å²) in [5, 5.41) is 27.4. The molecule has 0 aromatic carbocycles. The third-order valence-electron chi connectivity index (χ3n) is 3.07. The quantitative estimate of drug-likeness (QED) is 0.340. The molecule has 0 fully saturated rings. The minimum absolute atomic E-state index is 0.158. The normalized spacial score (nSPS) is 14.6. The maximum absolute atomic E-state index is 9.60. The van der Waals surface area contributed by atoms with Gasteiger partial charge >= 0.3 is 7.32 Å². The molecule has 0 saturated heterocycles. The van der Waals surface area contributed by atoms with Gasteiger partial charge in [-0.1, -0.05) is 26.7 Å². The summed E-state index contributed by atoms with van der Waals surface area (Å²) in [6.07, 6.45) is 3.12. The molecule has 3 N–H and O–H groups in total. The second kappa shape index (κ2) is 12.6. The number of hydrogen-bond acceptors (Lipinski definition) is 6. The van der Waals surface area contributed by atoms with E-state index in [9.17, 15) is 5.02 Å². The molecule has 0 amide bonds. The highest BCUT2D eigenvalue weighted by atomic mass is 16.7. The molecule has 0 heterocycles. The Kier molecular flexibility index (Phi) is 12.4. The van der Waals surface area contributed by atoms with E-state index in [4.69, 9.17) is 19.5 Å². The minimum atomic E-state index is -1.39. The summed E-state index contributed by atoms with van der Waals surface area (Å²) >= 11 is 0. The van der Waals surface area contributed by atoms with Crippen molar-refractivity contribution in [3.05, 3.63) is 0 Å². The van der Waals surface area contributed by atoms with Crippen molar-refractivity contribution in [2.75, 3.05) is 26.3 Å². The Hall–Kier alpha value is -0.175. The predicted octanol–water partition coefficient (Wildman–Crippen LogP) is 0.598. The maximum atomic E-state index is 9.60. The first-order valence-electron chi connectivity index (χ1n) is 7.53. The van der Waals surface area contributed by atoms with Crippen molar-refractivity contribution in [1.29, 1.82) is 0 Å². The fourth-order valence-corrected chi connectivity index (χ4v) is 1.74. The van der Waals surface area contributed by atoms with Crippen LogP contribution in [0.3, 0.4) is 0 Å². The van der Waals surface area contributed by atoms with Crippen LogP contribution < -0.4 is 0 Å². The molecule has 2 unspecified atom stereocenters. The van der Waals surface area contributed by atoms with Crippen LogP contribution >= 0.6 is 0 Å². The Morgan fingerprint density at radius 2 is 1.70 bits per heavy atom. The third-order valence-corrected chi connectivity index (χ3v) is 3.07. The van der Waals surface area contributed by atoms with E-state index >= 15 is 0 Å². The van der Waals surface area contributed by atoms with Crippen LogP contribution in [0.2, 0.25) is 0 Å². The van der Waals surface area contributed by atoms with Crippen molar-refractivity contribution in [3.8, 4) is 0 Å². The average Bonchev–Trinajstić information content (AvgIpc) is 2.44. The molecule has 20 heavy (non-hydrogen) atoms. The largest absolute Gasteiger partial charge is 0.637 e. The van der Waals surface area contributed by atoms with Gasteiger partial charge in [-0.05, 0) is 19.8 Å². The van der Waals surface area contributed by atoms with E-state index in [0.29, 0.717) is 0 Å². The summed E-state index contributed by atoms with van der Waals surface area (Å²) < 4.78 is 10.3. The monoisotopic (exact) mass is 291 g/mol. The zero-order chi connectivity index (χ0) is 15.4. The molecule has 0 saturated carbocycles. The lowest BCUT2D eigenvalue weighted by Crippen LogP contribution is -2.42. The van der Waals surface area contributed by atoms with Gasteiger partial charge in [0.2, 0.25) is 0 Å². The lowest BCUT2D eigenvalue weighted by atomic mass is 10.2. The molecule has 6 nitrogen and oxygen atoms in total. The van der Waals surface area contributed by atoms with Crippen LogP contribution in [0.5, 0.6) is 0 Å². The Balaban J connectivity index is 4.10. The van der Waals surface area contributed by atoms with Gasteiger partial charge in [-0.25, -0.2) is 0 Å². The standard InChI is InChI=1S/C13H30BNO5/c1-4-6-8-15(9-7-5-2)12(3)20-14(18)19-11-13(17)10-16/h12-13,16-18H,4-11H2,1-3H3. The first-order chi connectivity index (χ1) is 9.54. The smallest absolute Gasteiger partial charge is 0.402 e. The van der Waals surface area contributed by atoms with Gasteiger partial charge in [-0.3, -0.25) is 4.90 Å². The van der Waals surface area contributed by atoms with E-state index in [1.54, 1.807) is 0 Å². The Bertz CT molecular complexity index is 215. The van der Waals surface area contributed by atoms with Crippen molar-refractivity contribution < 1.29 is 24.5 Å². The van der Waals surface area contributed by atoms with E-state index in [0.717, 1.165) is 38.8 Å². The molecule has 0 aliphatic heterocycles. The molecule has 0 spiro atoms. The number of rotatable bonds is 13. The van der Waals surface area contributed by atoms with Gasteiger partial charge in [0.15, 0.2) is 0 Å². The average molecular weight is 291 g/mol. The molecule has 0 aromatic heterocycles. The van der Waals surface area contributed by atoms with E-state index in [2.05, 4.69) is 18.7 Å². The molecule has 7 heteroatoms. The van der Waals surface area contributed by atoms with Crippen LogP contribution in [0.1, 0.15) is 46.5 Å². The van der Waals surface area contributed by atoms with Crippen molar-refractivity contribution in [2.24, 2.45) is 0 Å². The van der Waals surface area contributed by atoms with E-state index in [1.807, 2.05) is 6.92 Å². The second-order valence-corrected chi connectivity index (χ2v) is 4.96. The first-order valence-corrected chi connectivity index (χ1v) is 7.53. The molecule has 0 rings (SSSR count). The summed E-state index contributed by atoms with van der Waals surface area (Å²) in [5.74, 6) is 0. The molecular weight excluding hydrogens is 261 g/mol. The summed E-state index contributed by atoms with van der Waals surface area (Å²) in [6.45, 7) is 7.43. The predicted molar refractivity (Wildman–Crippen MR) is 79.0 cm³/mol. The zero-order valence-electron chi connectivity index (χ0n) is 13.0. The molecular formula is C13H30BNO5. The molecule has 0 aliphatic carbocycles. The summed E-state index contributed by atoms with van der Waals surface area (Å²) in [7, 11) is -1.39. The van der Waals surface area contributed by atoms with Gasteiger partial charge < -0.3 is 24.5 Å². The minimum Gasteiger partial charge on any atom is -0.402 e. The number of nitrogens with zero attached hydrogens (tertiary/aromatic N) is 1. The van der Waals surface area contributed by atoms with Crippen molar-refractivity contribution >= 4 is 7.32 Å². The highest BCUT2D eigenvalue weighted by Crippen LogP contribution is 2.07. The van der Waals surface area contributed by atoms with Gasteiger partial charge in [0.1, 0.15) is 0 Å². The molecule has 120 valence electrons. The van der Waals surface area contributed by atoms with E-state index in [-0.39, 0.29) is 12.8 Å². The number of hydrogen-bond donors (Lipinski definition) is 3. The lowest BCUT2D eigenvalue weighted by molar-refractivity contribution is -0.0231. The molecule has 0 radical (unpaired) electrons. The Morgan fingerprint density at radius 3 is 2.15 bits per heavy atom. The van der Waals surface area contributed by atoms with Crippen LogP contribution in [0.25, 0.3) is 0 Å². The number of unbranched alkanes of at least 4 members (excludes halogenated alkanes) is 2. The van der Waals surface area contributed by atoms with Crippen LogP contribution in [0.15, 0.2) is 0 Å². The van der Waals surface area contributed by atoms with Gasteiger partial charge in [0.05, 0.1) is 25.5 Å². The number of aliphatic hydroxyl groups excluding tert-OH is 2. The van der Waals surface area contributed by atoms with E-state index in [1.165, 1.54) is 0 Å². The maximum Gasteiger partial charge on any atom is 0.637 e. The summed E-state index contributed by atoms with van der Waals surface area (Å²) in [6, 6.07) is 0. The first kappa shape index (κ1) is 19.8. The van der Waals surface area contributed by atoms with Gasteiger partial charge in [0, 0.05) is 13.1 Å². The fraction of sp³-hybridized carbons (Fsp3) is 1.00. The number of aliphatic hydroxyl groups is 2. The molecule has 0 aromatic rings. The molecule has 0 aliphatic rings. The van der Waals surface area contributed by atoms with Crippen LogP contribution in [-0.2, 0) is 9.31 Å². The highest BCUT2D eigenvalue weighted by molar-refractivity contribution is 6.34. The molecule has 2 atom stereocenters. The lowest BCUT2D eigenvalue weighted by Gasteiger charge is -2.29. The highest BCUT2D eigenvalue weighted by Gasteiger charge is 2.24. The van der Waals surface area contributed by atoms with Crippen molar-refractivity contribution in [1.82, 2.24) is 4.90 Å². The summed E-state index contributed by atoms with van der Waals surface area (Å²) in [5.41, 5.74) is 0. The Morgan fingerprint density at radius 1 is 1.15 bits per heavy atom. The third kappa shape index (κ3) is 9.69. The van der Waals surface area contributed by atoms with Crippen LogP contribution in [-0.4, -0.2) is 66.1 Å². The van der Waals surface area contributed by atoms with Crippen LogP contribution in [0, 0.1) is 0 Å². The summed E-state index contributed by atoms with van der Waals surface area (Å²) in [4.78, 5) is 2.17. The zero-order valence-corrected chi connectivity index (χ0v) is 13.0. The SMILES string of the molecule is CCCCN(CCCC)C(C)OB(O)OCC(O)CO.